The molecule has 0 aromatic heterocycles. The van der Waals surface area contributed by atoms with E-state index in [1.165, 1.54) is 10.5 Å². The number of imide groups is 1. The molecule has 0 N–H and O–H groups in total. The van der Waals surface area contributed by atoms with Gasteiger partial charge in [-0.15, -0.1) is 0 Å². The molecule has 1 aromatic rings. The smallest absolute Gasteiger partial charge is 0.233 e. The van der Waals surface area contributed by atoms with Gasteiger partial charge in [0.15, 0.2) is 14.1 Å². The van der Waals surface area contributed by atoms with Crippen molar-refractivity contribution < 1.29 is 14.0 Å². The highest BCUT2D eigenvalue weighted by molar-refractivity contribution is 6.74. The third-order valence-electron chi connectivity index (χ3n) is 7.06. The quantitative estimate of drug-likeness (QED) is 0.735. The number of hydrogen-bond acceptors (Lipinski definition) is 3. The first kappa shape index (κ1) is 20.3. The Morgan fingerprint density at radius 1 is 1.26 bits per heavy atom. The van der Waals surface area contributed by atoms with Crippen molar-refractivity contribution in [2.75, 3.05) is 6.61 Å². The summed E-state index contributed by atoms with van der Waals surface area (Å²) in [4.78, 5) is 26.7. The Morgan fingerprint density at radius 2 is 1.85 bits per heavy atom. The van der Waals surface area contributed by atoms with Gasteiger partial charge in [-0.25, -0.2) is 0 Å². The van der Waals surface area contributed by atoms with E-state index in [2.05, 4.69) is 59.8 Å². The van der Waals surface area contributed by atoms with Crippen molar-refractivity contribution in [2.45, 2.75) is 70.1 Å². The van der Waals surface area contributed by atoms with Gasteiger partial charge in [0, 0.05) is 11.3 Å². The molecule has 3 rings (SSSR count). The fraction of sp³-hybridized carbons (Fsp3) is 0.619. The molecule has 144 valence electrons. The predicted molar refractivity (Wildman–Crippen MR) is 111 cm³/mol. The lowest BCUT2D eigenvalue weighted by molar-refractivity contribution is -0.130. The molecular formula is C21H30BNO3Si. The molecule has 0 saturated carbocycles. The van der Waals surface area contributed by atoms with Gasteiger partial charge >= 0.3 is 0 Å². The second-order valence-corrected chi connectivity index (χ2v) is 14.8. The fourth-order valence-corrected chi connectivity index (χ4v) is 5.52. The van der Waals surface area contributed by atoms with Crippen LogP contribution in [0.2, 0.25) is 18.1 Å². The summed E-state index contributed by atoms with van der Waals surface area (Å²) in [6, 6.07) is 7.84. The van der Waals surface area contributed by atoms with Crippen molar-refractivity contribution >= 4 is 27.9 Å². The van der Waals surface area contributed by atoms with Crippen LogP contribution in [-0.4, -0.2) is 45.4 Å². The van der Waals surface area contributed by atoms with Crippen molar-refractivity contribution in [1.82, 2.24) is 4.90 Å². The second-order valence-electron chi connectivity index (χ2n) is 10.00. The largest absolute Gasteiger partial charge is 0.415 e. The number of amides is 2. The summed E-state index contributed by atoms with van der Waals surface area (Å²) < 4.78 is 6.44. The molecule has 1 saturated heterocycles. The van der Waals surface area contributed by atoms with E-state index in [4.69, 9.17) is 12.3 Å². The minimum absolute atomic E-state index is 0.0550. The van der Waals surface area contributed by atoms with Crippen molar-refractivity contribution in [3.8, 4) is 0 Å². The summed E-state index contributed by atoms with van der Waals surface area (Å²) in [5.74, 6) is -1.19. The summed E-state index contributed by atoms with van der Waals surface area (Å²) in [5.41, 5.74) is 2.00. The number of hydrogen-bond donors (Lipinski definition) is 0. The van der Waals surface area contributed by atoms with Gasteiger partial charge in [-0.3, -0.25) is 14.5 Å². The van der Waals surface area contributed by atoms with Gasteiger partial charge in [0.1, 0.15) is 0 Å². The maximum absolute atomic E-state index is 13.2. The monoisotopic (exact) mass is 383 g/mol. The molecule has 2 aliphatic rings. The minimum Gasteiger partial charge on any atom is -0.415 e. The average Bonchev–Trinajstić information content (AvgIpc) is 2.96. The highest BCUT2D eigenvalue weighted by Gasteiger charge is 2.61. The third kappa shape index (κ3) is 3.01. The number of carbonyl (C=O) groups is 2. The van der Waals surface area contributed by atoms with E-state index in [-0.39, 0.29) is 34.2 Å². The number of rotatable bonds is 3. The molecule has 3 atom stereocenters. The van der Waals surface area contributed by atoms with E-state index < -0.39 is 14.1 Å². The zero-order chi connectivity index (χ0) is 20.4. The van der Waals surface area contributed by atoms with E-state index in [1.807, 2.05) is 12.1 Å². The van der Waals surface area contributed by atoms with Gasteiger partial charge in [0.05, 0.1) is 18.6 Å². The lowest BCUT2D eigenvalue weighted by Gasteiger charge is -2.38. The minimum atomic E-state index is -2.02. The van der Waals surface area contributed by atoms with Crippen LogP contribution in [0.15, 0.2) is 24.3 Å². The summed E-state index contributed by atoms with van der Waals surface area (Å²) in [6.07, 6.45) is 0. The van der Waals surface area contributed by atoms with Crippen LogP contribution in [-0.2, 0) is 14.6 Å². The van der Waals surface area contributed by atoms with Crippen LogP contribution in [0.3, 0.4) is 0 Å². The Kier molecular flexibility index (Phi) is 4.75. The first-order chi connectivity index (χ1) is 12.3. The first-order valence-electron chi connectivity index (χ1n) is 9.66. The Labute approximate surface area is 165 Å². The van der Waals surface area contributed by atoms with Gasteiger partial charge in [-0.05, 0) is 29.3 Å². The average molecular weight is 383 g/mol. The van der Waals surface area contributed by atoms with E-state index in [9.17, 15) is 9.59 Å². The fourth-order valence-electron chi connectivity index (χ4n) is 4.50. The van der Waals surface area contributed by atoms with Crippen LogP contribution in [0.4, 0.5) is 4.79 Å². The molecule has 1 heterocycles. The lowest BCUT2D eigenvalue weighted by Crippen LogP contribution is -2.48. The Bertz CT molecular complexity index is 784. The summed E-state index contributed by atoms with van der Waals surface area (Å²) >= 11 is 0. The normalized spacial score (nSPS) is 26.9. The topological polar surface area (TPSA) is 46.6 Å². The number of benzene rings is 1. The van der Waals surface area contributed by atoms with Crippen LogP contribution in [0, 0.1) is 5.92 Å². The van der Waals surface area contributed by atoms with E-state index in [0.717, 1.165) is 5.56 Å². The molecule has 4 nitrogen and oxygen atoms in total. The Balaban J connectivity index is 2.02. The molecule has 0 bridgehead atoms. The van der Waals surface area contributed by atoms with Crippen LogP contribution in [0.1, 0.15) is 51.7 Å². The maximum Gasteiger partial charge on any atom is 0.233 e. The SMILES string of the molecule is [B]C(=O)N1C(=O)C2[C@H](c3ccccc3C2(C)C)[C@H]1CO[Si](C)(C)C(C)(C)C. The summed E-state index contributed by atoms with van der Waals surface area (Å²) in [6.45, 7) is 15.4. The van der Waals surface area contributed by atoms with Gasteiger partial charge in [0.25, 0.3) is 0 Å². The van der Waals surface area contributed by atoms with Crippen molar-refractivity contribution in [1.29, 1.82) is 0 Å². The van der Waals surface area contributed by atoms with E-state index >= 15 is 0 Å². The summed E-state index contributed by atoms with van der Waals surface area (Å²) in [7, 11) is 3.62. The maximum atomic E-state index is 13.2. The van der Waals surface area contributed by atoms with Crippen LogP contribution in [0.5, 0.6) is 0 Å². The second kappa shape index (κ2) is 6.31. The zero-order valence-corrected chi connectivity index (χ0v) is 18.5. The molecule has 1 fully saturated rings. The van der Waals surface area contributed by atoms with Crippen LogP contribution >= 0.6 is 0 Å². The predicted octanol–water partition coefficient (Wildman–Crippen LogP) is 4.20. The molecule has 2 radical (unpaired) electrons. The van der Waals surface area contributed by atoms with Crippen LogP contribution < -0.4 is 0 Å². The van der Waals surface area contributed by atoms with Crippen molar-refractivity contribution in [3.05, 3.63) is 35.4 Å². The Morgan fingerprint density at radius 3 is 2.41 bits per heavy atom. The summed E-state index contributed by atoms with van der Waals surface area (Å²) in [5, 5.41) is 0.0550. The van der Waals surface area contributed by atoms with Gasteiger partial charge in [-0.1, -0.05) is 58.9 Å². The van der Waals surface area contributed by atoms with E-state index in [1.54, 1.807) is 0 Å². The molecular weight excluding hydrogens is 353 g/mol. The third-order valence-corrected chi connectivity index (χ3v) is 11.6. The molecule has 1 aromatic carbocycles. The van der Waals surface area contributed by atoms with Gasteiger partial charge in [-0.2, -0.15) is 0 Å². The molecule has 1 aliphatic carbocycles. The van der Waals surface area contributed by atoms with Crippen molar-refractivity contribution in [2.24, 2.45) is 5.92 Å². The zero-order valence-electron chi connectivity index (χ0n) is 17.5. The molecule has 0 spiro atoms. The molecule has 1 aliphatic heterocycles. The number of fused-ring (bicyclic) bond motifs is 3. The Hall–Kier alpha value is -1.40. The van der Waals surface area contributed by atoms with Gasteiger partial charge in [0.2, 0.25) is 13.8 Å². The van der Waals surface area contributed by atoms with Crippen molar-refractivity contribution in [3.63, 3.8) is 0 Å². The molecule has 2 amide bonds. The standard InChI is InChI=1S/C21H30BNO3Si/c1-20(2,3)27(6,7)26-12-15-16-13-10-8-9-11-14(13)21(4,5)17(16)18(24)23(15)19(22)25/h8-11,15-17H,12H2,1-7H3/t15-,16-,17?/m1/s1. The number of likely N-dealkylation sites (tertiary alicyclic amines) is 1. The highest BCUT2D eigenvalue weighted by atomic mass is 28.4. The van der Waals surface area contributed by atoms with Crippen LogP contribution in [0.25, 0.3) is 0 Å². The molecule has 1 unspecified atom stereocenters. The highest BCUT2D eigenvalue weighted by Crippen LogP contribution is 2.57. The molecule has 6 heteroatoms. The number of carbonyl (C=O) groups excluding carboxylic acids is 2. The molecule has 27 heavy (non-hydrogen) atoms. The first-order valence-corrected chi connectivity index (χ1v) is 12.6. The van der Waals surface area contributed by atoms with Gasteiger partial charge < -0.3 is 4.43 Å². The number of nitrogens with zero attached hydrogens (tertiary/aromatic N) is 1. The lowest BCUT2D eigenvalue weighted by atomic mass is 9.76. The van der Waals surface area contributed by atoms with E-state index in [0.29, 0.717) is 6.61 Å².